The molecule has 1 saturated heterocycles. The fraction of sp³-hybridized carbons (Fsp3) is 0.560. The smallest absolute Gasteiger partial charge is 0.234 e. The highest BCUT2D eigenvalue weighted by atomic mass is 35.5. The maximum absolute atomic E-state index is 12.4. The summed E-state index contributed by atoms with van der Waals surface area (Å²) in [4.78, 5) is 19.1. The molecule has 2 fully saturated rings. The molecule has 0 aromatic carbocycles. The van der Waals surface area contributed by atoms with Gasteiger partial charge in [-0.2, -0.15) is 0 Å². The van der Waals surface area contributed by atoms with Gasteiger partial charge in [-0.3, -0.25) is 9.69 Å². The number of nitrogens with one attached hydrogen (secondary N) is 2. The van der Waals surface area contributed by atoms with Crippen molar-refractivity contribution in [1.29, 1.82) is 0 Å². The molecule has 1 saturated carbocycles. The summed E-state index contributed by atoms with van der Waals surface area (Å²) in [7, 11) is 0. The lowest BCUT2D eigenvalue weighted by atomic mass is 9.88. The van der Waals surface area contributed by atoms with Crippen LogP contribution in [-0.4, -0.2) is 70.3 Å². The lowest BCUT2D eigenvalue weighted by Gasteiger charge is -2.31. The van der Waals surface area contributed by atoms with Crippen LogP contribution < -0.4 is 10.6 Å². The van der Waals surface area contributed by atoms with Crippen LogP contribution in [0.1, 0.15) is 44.2 Å². The van der Waals surface area contributed by atoms with Gasteiger partial charge in [-0.25, -0.2) is 9.50 Å². The van der Waals surface area contributed by atoms with Crippen LogP contribution >= 0.6 is 11.6 Å². The van der Waals surface area contributed by atoms with Crippen molar-refractivity contribution in [3.05, 3.63) is 47.3 Å². The van der Waals surface area contributed by atoms with Crippen LogP contribution in [0.2, 0.25) is 0 Å². The van der Waals surface area contributed by atoms with Crippen molar-refractivity contribution in [2.24, 2.45) is 5.92 Å². The molecule has 8 nitrogen and oxygen atoms in total. The van der Waals surface area contributed by atoms with E-state index in [4.69, 9.17) is 21.4 Å². The van der Waals surface area contributed by atoms with Crippen molar-refractivity contribution in [3.63, 3.8) is 0 Å². The van der Waals surface area contributed by atoms with Gasteiger partial charge < -0.3 is 15.4 Å². The van der Waals surface area contributed by atoms with Crippen molar-refractivity contribution in [2.45, 2.75) is 50.6 Å². The monoisotopic (exact) mass is 484 g/mol. The average molecular weight is 485 g/mol. The normalized spacial score (nSPS) is 28.0. The van der Waals surface area contributed by atoms with Crippen molar-refractivity contribution in [1.82, 2.24) is 24.8 Å². The molecule has 34 heavy (non-hydrogen) atoms. The number of hydrogen-bond acceptors (Lipinski definition) is 6. The van der Waals surface area contributed by atoms with Crippen LogP contribution in [0.25, 0.3) is 5.65 Å². The molecule has 3 heterocycles. The summed E-state index contributed by atoms with van der Waals surface area (Å²) in [6.07, 6.45) is 12.0. The zero-order valence-corrected chi connectivity index (χ0v) is 20.4. The fourth-order valence-corrected chi connectivity index (χ4v) is 5.33. The van der Waals surface area contributed by atoms with Gasteiger partial charge in [-0.1, -0.05) is 30.7 Å². The number of hydrogen-bond donors (Lipinski definition) is 2. The van der Waals surface area contributed by atoms with Crippen LogP contribution in [0.4, 0.5) is 5.82 Å². The number of carbonyl (C=O) groups excluding carboxylic acids is 1. The minimum absolute atomic E-state index is 0.124. The molecule has 2 atom stereocenters. The Morgan fingerprint density at radius 2 is 1.94 bits per heavy atom. The maximum atomic E-state index is 12.4. The molecule has 2 aromatic heterocycles. The van der Waals surface area contributed by atoms with E-state index in [-0.39, 0.29) is 17.9 Å². The zero-order valence-electron chi connectivity index (χ0n) is 19.6. The predicted molar refractivity (Wildman–Crippen MR) is 133 cm³/mol. The van der Waals surface area contributed by atoms with E-state index in [9.17, 15) is 4.79 Å². The molecule has 182 valence electrons. The van der Waals surface area contributed by atoms with Gasteiger partial charge in [0, 0.05) is 36.1 Å². The van der Waals surface area contributed by atoms with E-state index < -0.39 is 0 Å². The first-order chi connectivity index (χ1) is 16.5. The van der Waals surface area contributed by atoms with E-state index in [1.807, 2.05) is 28.9 Å². The molecule has 1 aliphatic heterocycles. The lowest BCUT2D eigenvalue weighted by Crippen LogP contribution is -2.47. The van der Waals surface area contributed by atoms with Gasteiger partial charge in [0.2, 0.25) is 5.91 Å². The molecule has 2 aromatic rings. The van der Waals surface area contributed by atoms with Crippen molar-refractivity contribution < 1.29 is 9.53 Å². The van der Waals surface area contributed by atoms with Crippen molar-refractivity contribution in [2.75, 3.05) is 38.2 Å². The van der Waals surface area contributed by atoms with E-state index in [1.165, 1.54) is 0 Å². The molecular formula is C25H33ClN6O2. The summed E-state index contributed by atoms with van der Waals surface area (Å²) in [6.45, 7) is 5.74. The minimum Gasteiger partial charge on any atom is -0.379 e. The first-order valence-corrected chi connectivity index (χ1v) is 12.7. The molecule has 0 radical (unpaired) electrons. The van der Waals surface area contributed by atoms with Gasteiger partial charge in [0.25, 0.3) is 0 Å². The molecule has 5 rings (SSSR count). The summed E-state index contributed by atoms with van der Waals surface area (Å²) >= 11 is 6.28. The van der Waals surface area contributed by atoms with Gasteiger partial charge in [0.15, 0.2) is 5.65 Å². The third-order valence-electron chi connectivity index (χ3n) is 7.11. The molecule has 2 N–H and O–H groups in total. The number of imidazole rings is 1. The highest BCUT2D eigenvalue weighted by Crippen LogP contribution is 2.33. The number of halogens is 1. The van der Waals surface area contributed by atoms with Crippen LogP contribution in [0.15, 0.2) is 41.6 Å². The quantitative estimate of drug-likeness (QED) is 0.654. The second-order valence-electron chi connectivity index (χ2n) is 9.62. The van der Waals surface area contributed by atoms with Crippen LogP contribution in [0, 0.1) is 5.92 Å². The minimum atomic E-state index is 0.124. The van der Waals surface area contributed by atoms with Crippen molar-refractivity contribution in [3.8, 4) is 0 Å². The molecule has 0 spiro atoms. The van der Waals surface area contributed by atoms with Crippen molar-refractivity contribution >= 4 is 29.0 Å². The van der Waals surface area contributed by atoms with E-state index in [1.54, 1.807) is 0 Å². The number of rotatable bonds is 6. The number of allylic oxidation sites excluding steroid dienone is 4. The van der Waals surface area contributed by atoms with E-state index >= 15 is 0 Å². The third kappa shape index (κ3) is 5.45. The fourth-order valence-electron chi connectivity index (χ4n) is 5.12. The van der Waals surface area contributed by atoms with Gasteiger partial charge >= 0.3 is 0 Å². The lowest BCUT2D eigenvalue weighted by molar-refractivity contribution is -0.124. The number of anilines is 1. The third-order valence-corrected chi connectivity index (χ3v) is 7.36. The highest BCUT2D eigenvalue weighted by Gasteiger charge is 2.25. The topological polar surface area (TPSA) is 83.8 Å². The Morgan fingerprint density at radius 1 is 1.18 bits per heavy atom. The number of morpholine rings is 1. The van der Waals surface area contributed by atoms with Crippen LogP contribution in [0.5, 0.6) is 0 Å². The molecule has 1 amide bonds. The number of fused-ring (bicyclic) bond motifs is 1. The Kier molecular flexibility index (Phi) is 7.18. The number of ether oxygens (including phenoxy) is 1. The maximum Gasteiger partial charge on any atom is 0.234 e. The number of carbonyl (C=O) groups is 1. The second-order valence-corrected chi connectivity index (χ2v) is 10.1. The Balaban J connectivity index is 1.16. The van der Waals surface area contributed by atoms with Crippen LogP contribution in [-0.2, 0) is 9.53 Å². The molecule has 3 aliphatic rings. The molecule has 9 heteroatoms. The Morgan fingerprint density at radius 3 is 2.74 bits per heavy atom. The molecule has 2 unspecified atom stereocenters. The largest absolute Gasteiger partial charge is 0.379 e. The molecule has 2 aliphatic carbocycles. The first-order valence-electron chi connectivity index (χ1n) is 12.3. The van der Waals surface area contributed by atoms with Crippen LogP contribution in [0.3, 0.4) is 0 Å². The molecular weight excluding hydrogens is 452 g/mol. The SMILES string of the molecule is CC1C=CC(Cl)=CC1c1cnc2ccc(N[C@H]3CC[C@H](NC(=O)CN4CCOCC4)CC3)nn12. The zero-order chi connectivity index (χ0) is 23.5. The van der Waals surface area contributed by atoms with E-state index in [0.29, 0.717) is 31.7 Å². The summed E-state index contributed by atoms with van der Waals surface area (Å²) in [5.41, 5.74) is 1.87. The Hall–Kier alpha value is -2.42. The van der Waals surface area contributed by atoms with Gasteiger partial charge in [-0.15, -0.1) is 5.10 Å². The molecule has 0 bridgehead atoms. The Bertz CT molecular complexity index is 1070. The highest BCUT2D eigenvalue weighted by molar-refractivity contribution is 6.31. The first kappa shape index (κ1) is 23.3. The number of nitrogens with zero attached hydrogens (tertiary/aromatic N) is 4. The average Bonchev–Trinajstić information content (AvgIpc) is 3.25. The number of aromatic nitrogens is 3. The number of amides is 1. The Labute approximate surface area is 205 Å². The van der Waals surface area contributed by atoms with Gasteiger partial charge in [0.1, 0.15) is 5.82 Å². The summed E-state index contributed by atoms with van der Waals surface area (Å²) < 4.78 is 7.29. The van der Waals surface area contributed by atoms with Gasteiger partial charge in [0.05, 0.1) is 31.6 Å². The summed E-state index contributed by atoms with van der Waals surface area (Å²) in [5, 5.41) is 12.4. The second kappa shape index (κ2) is 10.5. The van der Waals surface area contributed by atoms with E-state index in [0.717, 1.165) is 61.0 Å². The summed E-state index contributed by atoms with van der Waals surface area (Å²) in [6, 6.07) is 4.59. The summed E-state index contributed by atoms with van der Waals surface area (Å²) in [5.74, 6) is 1.45. The van der Waals surface area contributed by atoms with Gasteiger partial charge in [-0.05, 0) is 49.8 Å². The predicted octanol–water partition coefficient (Wildman–Crippen LogP) is 3.31. The van der Waals surface area contributed by atoms with E-state index in [2.05, 4.69) is 39.6 Å². The standard InChI is InChI=1S/C25H33ClN6O2/c1-17-2-3-18(26)14-21(17)22-15-27-24-9-8-23(30-32(22)24)28-19-4-6-20(7-5-19)29-25(33)16-31-10-12-34-13-11-31/h2-3,8-9,14-15,17,19-21H,4-7,10-13,16H2,1H3,(H,28,30)(H,29,33)/t17?,19-,20-,21?.